The van der Waals surface area contributed by atoms with Gasteiger partial charge in [0.25, 0.3) is 5.91 Å². The van der Waals surface area contributed by atoms with Crippen molar-refractivity contribution in [1.82, 2.24) is 0 Å². The van der Waals surface area contributed by atoms with Crippen LogP contribution >= 0.6 is 38.6 Å². The van der Waals surface area contributed by atoms with E-state index in [9.17, 15) is 9.59 Å². The Morgan fingerprint density at radius 1 is 1.11 bits per heavy atom. The Balaban J connectivity index is 1.96. The second kappa shape index (κ2) is 8.37. The van der Waals surface area contributed by atoms with Crippen LogP contribution in [0.4, 0.5) is 5.00 Å². The lowest BCUT2D eigenvalue weighted by Crippen LogP contribution is -2.13. The highest BCUT2D eigenvalue weighted by atomic mass is 79.9. The van der Waals surface area contributed by atoms with Gasteiger partial charge in [0.2, 0.25) is 0 Å². The summed E-state index contributed by atoms with van der Waals surface area (Å²) in [6.07, 6.45) is 0. The van der Waals surface area contributed by atoms with Gasteiger partial charge in [-0.15, -0.1) is 22.7 Å². The van der Waals surface area contributed by atoms with Gasteiger partial charge in [0.15, 0.2) is 0 Å². The number of halogens is 1. The highest BCUT2D eigenvalue weighted by Crippen LogP contribution is 2.37. The number of hydrogen-bond donors (Lipinski definition) is 1. The van der Waals surface area contributed by atoms with Crippen molar-refractivity contribution in [2.75, 3.05) is 12.4 Å². The molecule has 0 radical (unpaired) electrons. The Morgan fingerprint density at radius 3 is 2.37 bits per heavy atom. The third-order valence-electron chi connectivity index (χ3n) is 4.09. The van der Waals surface area contributed by atoms with Crippen molar-refractivity contribution >= 4 is 55.5 Å². The van der Waals surface area contributed by atoms with Gasteiger partial charge >= 0.3 is 5.97 Å². The van der Waals surface area contributed by atoms with E-state index < -0.39 is 5.97 Å². The van der Waals surface area contributed by atoms with Crippen LogP contribution in [-0.4, -0.2) is 19.0 Å². The van der Waals surface area contributed by atoms with Gasteiger partial charge in [0.05, 0.1) is 15.8 Å². The average Bonchev–Trinajstić information content (AvgIpc) is 3.27. The first-order valence-corrected chi connectivity index (χ1v) is 10.8. The summed E-state index contributed by atoms with van der Waals surface area (Å²) in [4.78, 5) is 25.5. The zero-order chi connectivity index (χ0) is 19.6. The van der Waals surface area contributed by atoms with E-state index in [4.69, 9.17) is 4.74 Å². The standard InChI is InChI=1S/C20H18BrNO3S2/c1-11(2)12-4-6-13(7-5-12)14-10-26-19(17(14)20(24)25-3)22-18(23)15-8-9-16(21)27-15/h4-11H,1-3H3,(H,22,23). The van der Waals surface area contributed by atoms with Crippen LogP contribution in [0.2, 0.25) is 0 Å². The van der Waals surface area contributed by atoms with Gasteiger partial charge in [-0.25, -0.2) is 4.79 Å². The number of methoxy groups -OCH3 is 1. The quantitative estimate of drug-likeness (QED) is 0.445. The molecule has 1 N–H and O–H groups in total. The first-order chi connectivity index (χ1) is 12.9. The second-order valence-electron chi connectivity index (χ2n) is 6.18. The van der Waals surface area contributed by atoms with Gasteiger partial charge in [0, 0.05) is 10.9 Å². The van der Waals surface area contributed by atoms with Gasteiger partial charge in [-0.1, -0.05) is 38.1 Å². The predicted molar refractivity (Wildman–Crippen MR) is 115 cm³/mol. The van der Waals surface area contributed by atoms with Gasteiger partial charge < -0.3 is 10.1 Å². The van der Waals surface area contributed by atoms with E-state index in [1.54, 1.807) is 6.07 Å². The van der Waals surface area contributed by atoms with E-state index in [0.717, 1.165) is 14.9 Å². The minimum Gasteiger partial charge on any atom is -0.465 e. The van der Waals surface area contributed by atoms with Crippen molar-refractivity contribution in [2.45, 2.75) is 19.8 Å². The lowest BCUT2D eigenvalue weighted by atomic mass is 9.98. The summed E-state index contributed by atoms with van der Waals surface area (Å²) in [5.41, 5.74) is 3.27. The number of ether oxygens (including phenoxy) is 1. The molecule has 3 aromatic rings. The molecule has 7 heteroatoms. The Kier molecular flexibility index (Phi) is 6.14. The van der Waals surface area contributed by atoms with Crippen LogP contribution in [0.25, 0.3) is 11.1 Å². The lowest BCUT2D eigenvalue weighted by molar-refractivity contribution is 0.0603. The van der Waals surface area contributed by atoms with Crippen LogP contribution in [0.5, 0.6) is 0 Å². The molecule has 27 heavy (non-hydrogen) atoms. The monoisotopic (exact) mass is 463 g/mol. The lowest BCUT2D eigenvalue weighted by Gasteiger charge is -2.09. The number of nitrogens with one attached hydrogen (secondary N) is 1. The molecule has 0 unspecified atom stereocenters. The maximum absolute atomic E-state index is 12.5. The molecule has 0 aliphatic heterocycles. The number of amides is 1. The first kappa shape index (κ1) is 19.8. The molecule has 0 atom stereocenters. The highest BCUT2D eigenvalue weighted by molar-refractivity contribution is 9.11. The normalized spacial score (nSPS) is 10.9. The van der Waals surface area contributed by atoms with Crippen LogP contribution < -0.4 is 5.32 Å². The Bertz CT molecular complexity index is 974. The van der Waals surface area contributed by atoms with E-state index in [2.05, 4.69) is 47.2 Å². The van der Waals surface area contributed by atoms with E-state index >= 15 is 0 Å². The molecule has 0 bridgehead atoms. The fourth-order valence-electron chi connectivity index (χ4n) is 2.62. The van der Waals surface area contributed by atoms with E-state index in [0.29, 0.717) is 21.4 Å². The van der Waals surface area contributed by atoms with Crippen LogP contribution in [0.15, 0.2) is 45.6 Å². The molecule has 2 heterocycles. The maximum atomic E-state index is 12.5. The number of esters is 1. The van der Waals surface area contributed by atoms with Crippen LogP contribution in [0.1, 0.15) is 45.4 Å². The van der Waals surface area contributed by atoms with Crippen molar-refractivity contribution in [2.24, 2.45) is 0 Å². The Morgan fingerprint density at radius 2 is 1.81 bits per heavy atom. The van der Waals surface area contributed by atoms with E-state index in [-0.39, 0.29) is 5.91 Å². The number of anilines is 1. The summed E-state index contributed by atoms with van der Waals surface area (Å²) in [6.45, 7) is 4.27. The fraction of sp³-hybridized carbons (Fsp3) is 0.200. The van der Waals surface area contributed by atoms with Gasteiger partial charge in [0.1, 0.15) is 10.6 Å². The number of carbonyl (C=O) groups excluding carboxylic acids is 2. The molecule has 1 amide bonds. The van der Waals surface area contributed by atoms with Gasteiger partial charge in [-0.2, -0.15) is 0 Å². The Labute approximate surface area is 174 Å². The summed E-state index contributed by atoms with van der Waals surface area (Å²) in [5.74, 6) is -0.289. The average molecular weight is 464 g/mol. The molecule has 0 aliphatic rings. The first-order valence-electron chi connectivity index (χ1n) is 8.27. The molecule has 1 aromatic carbocycles. The van der Waals surface area contributed by atoms with Crippen molar-refractivity contribution in [3.05, 3.63) is 61.6 Å². The summed E-state index contributed by atoms with van der Waals surface area (Å²) >= 11 is 6.00. The molecule has 4 nitrogen and oxygen atoms in total. The minimum absolute atomic E-state index is 0.251. The second-order valence-corrected chi connectivity index (χ2v) is 9.52. The molecule has 0 fully saturated rings. The molecule has 0 spiro atoms. The number of hydrogen-bond acceptors (Lipinski definition) is 5. The zero-order valence-electron chi connectivity index (χ0n) is 15.0. The van der Waals surface area contributed by atoms with Gasteiger partial charge in [-0.3, -0.25) is 4.79 Å². The van der Waals surface area contributed by atoms with Crippen LogP contribution in [0, 0.1) is 0 Å². The van der Waals surface area contributed by atoms with Crippen molar-refractivity contribution in [1.29, 1.82) is 0 Å². The molecular formula is C20H18BrNO3S2. The van der Waals surface area contributed by atoms with Crippen molar-refractivity contribution in [3.63, 3.8) is 0 Å². The fourth-order valence-corrected chi connectivity index (χ4v) is 4.85. The minimum atomic E-state index is -0.471. The number of carbonyl (C=O) groups is 2. The van der Waals surface area contributed by atoms with E-state index in [1.165, 1.54) is 35.3 Å². The molecule has 140 valence electrons. The maximum Gasteiger partial charge on any atom is 0.341 e. The van der Waals surface area contributed by atoms with Crippen molar-refractivity contribution < 1.29 is 14.3 Å². The van der Waals surface area contributed by atoms with Crippen LogP contribution in [0.3, 0.4) is 0 Å². The van der Waals surface area contributed by atoms with Gasteiger partial charge in [-0.05, 0) is 45.1 Å². The SMILES string of the molecule is COC(=O)c1c(-c2ccc(C(C)C)cc2)csc1NC(=O)c1ccc(Br)s1. The number of thiophene rings is 2. The molecule has 3 rings (SSSR count). The third-order valence-corrected chi connectivity index (χ3v) is 6.61. The summed E-state index contributed by atoms with van der Waals surface area (Å²) < 4.78 is 5.84. The van der Waals surface area contributed by atoms with Crippen LogP contribution in [-0.2, 0) is 4.74 Å². The molecule has 0 aliphatic carbocycles. The molecule has 2 aromatic heterocycles. The summed E-state index contributed by atoms with van der Waals surface area (Å²) in [6, 6.07) is 11.6. The predicted octanol–water partition coefficient (Wildman–Crippen LogP) is 6.40. The molecule has 0 saturated heterocycles. The molecular weight excluding hydrogens is 446 g/mol. The number of benzene rings is 1. The smallest absolute Gasteiger partial charge is 0.341 e. The number of rotatable bonds is 5. The molecule has 0 saturated carbocycles. The van der Waals surface area contributed by atoms with E-state index in [1.807, 2.05) is 23.6 Å². The zero-order valence-corrected chi connectivity index (χ0v) is 18.3. The third kappa shape index (κ3) is 4.31. The summed E-state index contributed by atoms with van der Waals surface area (Å²) in [5, 5.41) is 5.20. The summed E-state index contributed by atoms with van der Waals surface area (Å²) in [7, 11) is 1.34. The Hall–Kier alpha value is -1.96. The topological polar surface area (TPSA) is 55.4 Å². The van der Waals surface area contributed by atoms with Crippen molar-refractivity contribution in [3.8, 4) is 11.1 Å². The highest BCUT2D eigenvalue weighted by Gasteiger charge is 2.23. The largest absolute Gasteiger partial charge is 0.465 e.